The Labute approximate surface area is 151 Å². The zero-order valence-corrected chi connectivity index (χ0v) is 14.3. The summed E-state index contributed by atoms with van der Waals surface area (Å²) >= 11 is 0. The SMILES string of the molecule is O=C1c2occc2CCC1[n+]1ccc2c(ccn2Cc2ccccc2)c1. The second-order valence-electron chi connectivity index (χ2n) is 6.86. The normalized spacial score (nSPS) is 16.8. The molecule has 1 aliphatic carbocycles. The number of rotatable bonds is 3. The van der Waals surface area contributed by atoms with Gasteiger partial charge in [0.15, 0.2) is 18.2 Å². The van der Waals surface area contributed by atoms with Gasteiger partial charge in [0.05, 0.1) is 17.2 Å². The molecule has 1 aliphatic rings. The second-order valence-corrected chi connectivity index (χ2v) is 6.86. The van der Waals surface area contributed by atoms with Crippen molar-refractivity contribution < 1.29 is 13.8 Å². The van der Waals surface area contributed by atoms with Gasteiger partial charge >= 0.3 is 0 Å². The molecule has 1 atom stereocenters. The molecule has 0 N–H and O–H groups in total. The molecule has 26 heavy (non-hydrogen) atoms. The lowest BCUT2D eigenvalue weighted by Crippen LogP contribution is -2.45. The highest BCUT2D eigenvalue weighted by Crippen LogP contribution is 2.27. The zero-order valence-electron chi connectivity index (χ0n) is 14.3. The van der Waals surface area contributed by atoms with E-state index in [0.717, 1.165) is 30.3 Å². The smallest absolute Gasteiger partial charge is 0.265 e. The maximum atomic E-state index is 12.7. The summed E-state index contributed by atoms with van der Waals surface area (Å²) in [5.74, 6) is 0.597. The Kier molecular flexibility index (Phi) is 3.49. The van der Waals surface area contributed by atoms with Gasteiger partial charge in [0.1, 0.15) is 0 Å². The number of carbonyl (C=O) groups is 1. The number of ketones is 1. The van der Waals surface area contributed by atoms with Gasteiger partial charge in [-0.05, 0) is 24.1 Å². The Morgan fingerprint density at radius 1 is 1.12 bits per heavy atom. The lowest BCUT2D eigenvalue weighted by Gasteiger charge is -2.15. The van der Waals surface area contributed by atoms with Gasteiger partial charge in [-0.1, -0.05) is 30.3 Å². The number of pyridine rings is 1. The van der Waals surface area contributed by atoms with Crippen LogP contribution in [0.1, 0.15) is 34.1 Å². The van der Waals surface area contributed by atoms with Gasteiger partial charge < -0.3 is 8.98 Å². The van der Waals surface area contributed by atoms with E-state index in [9.17, 15) is 4.79 Å². The number of hydrogen-bond acceptors (Lipinski definition) is 2. The van der Waals surface area contributed by atoms with Gasteiger partial charge in [-0.2, -0.15) is 4.57 Å². The number of benzene rings is 1. The molecule has 0 aliphatic heterocycles. The van der Waals surface area contributed by atoms with Crippen molar-refractivity contribution in [1.29, 1.82) is 0 Å². The molecule has 1 aromatic carbocycles. The maximum Gasteiger partial charge on any atom is 0.265 e. The highest BCUT2D eigenvalue weighted by atomic mass is 16.3. The van der Waals surface area contributed by atoms with Gasteiger partial charge in [0, 0.05) is 30.8 Å². The Hall–Kier alpha value is -3.14. The molecule has 0 saturated heterocycles. The molecule has 3 aromatic heterocycles. The molecule has 0 saturated carbocycles. The number of fused-ring (bicyclic) bond motifs is 2. The van der Waals surface area contributed by atoms with Crippen LogP contribution in [0.4, 0.5) is 0 Å². The minimum Gasteiger partial charge on any atom is -0.461 e. The number of aromatic nitrogens is 2. The minimum absolute atomic E-state index is 0.0734. The highest BCUT2D eigenvalue weighted by Gasteiger charge is 2.36. The van der Waals surface area contributed by atoms with Crippen LogP contribution in [0.5, 0.6) is 0 Å². The summed E-state index contributed by atoms with van der Waals surface area (Å²) in [6.07, 6.45) is 9.50. The first kappa shape index (κ1) is 15.1. The van der Waals surface area contributed by atoms with Gasteiger partial charge in [-0.3, -0.25) is 4.79 Å². The lowest BCUT2D eigenvalue weighted by atomic mass is 9.92. The molecule has 5 rings (SSSR count). The first-order chi connectivity index (χ1) is 12.8. The first-order valence-electron chi connectivity index (χ1n) is 8.94. The van der Waals surface area contributed by atoms with E-state index in [4.69, 9.17) is 4.42 Å². The largest absolute Gasteiger partial charge is 0.461 e. The molecule has 3 heterocycles. The summed E-state index contributed by atoms with van der Waals surface area (Å²) in [5, 5.41) is 1.14. The summed E-state index contributed by atoms with van der Waals surface area (Å²) in [5.41, 5.74) is 3.48. The van der Waals surface area contributed by atoms with E-state index in [1.165, 1.54) is 11.1 Å². The fraction of sp³-hybridized carbons (Fsp3) is 0.182. The molecule has 0 amide bonds. The van der Waals surface area contributed by atoms with Crippen molar-refractivity contribution in [3.8, 4) is 0 Å². The molecular formula is C22H19N2O2+. The Morgan fingerprint density at radius 2 is 2.00 bits per heavy atom. The van der Waals surface area contributed by atoms with Crippen LogP contribution in [0.15, 0.2) is 77.8 Å². The molecule has 128 valence electrons. The van der Waals surface area contributed by atoms with Crippen molar-refractivity contribution in [2.75, 3.05) is 0 Å². The lowest BCUT2D eigenvalue weighted by molar-refractivity contribution is -0.707. The fourth-order valence-electron chi connectivity index (χ4n) is 3.88. The monoisotopic (exact) mass is 343 g/mol. The highest BCUT2D eigenvalue weighted by molar-refractivity contribution is 5.97. The Morgan fingerprint density at radius 3 is 2.88 bits per heavy atom. The van der Waals surface area contributed by atoms with Crippen molar-refractivity contribution in [1.82, 2.24) is 4.57 Å². The number of Topliss-reactive ketones (excluding diaryl/α,β-unsaturated/α-hetero) is 1. The standard InChI is InChI=1S/C22H19N2O2/c25-21-20(7-6-17-10-13-26-22(17)21)24-12-9-19-18(15-24)8-11-23(19)14-16-4-2-1-3-5-16/h1-5,8-13,15,20H,6-7,14H2/q+1. The van der Waals surface area contributed by atoms with Crippen molar-refractivity contribution in [3.05, 3.63) is 90.3 Å². The summed E-state index contributed by atoms with van der Waals surface area (Å²) in [7, 11) is 0. The van der Waals surface area contributed by atoms with Crippen LogP contribution in [0.3, 0.4) is 0 Å². The molecule has 0 radical (unpaired) electrons. The summed E-state index contributed by atoms with van der Waals surface area (Å²) in [6.45, 7) is 0.840. The van der Waals surface area contributed by atoms with E-state index in [-0.39, 0.29) is 11.8 Å². The van der Waals surface area contributed by atoms with E-state index in [0.29, 0.717) is 5.76 Å². The molecule has 1 unspecified atom stereocenters. The zero-order chi connectivity index (χ0) is 17.5. The van der Waals surface area contributed by atoms with Gasteiger partial charge in [-0.25, -0.2) is 0 Å². The van der Waals surface area contributed by atoms with E-state index in [1.807, 2.05) is 22.9 Å². The van der Waals surface area contributed by atoms with Crippen LogP contribution in [0.25, 0.3) is 10.9 Å². The second kappa shape index (κ2) is 5.99. The van der Waals surface area contributed by atoms with E-state index >= 15 is 0 Å². The van der Waals surface area contributed by atoms with E-state index in [1.54, 1.807) is 6.26 Å². The van der Waals surface area contributed by atoms with E-state index in [2.05, 4.69) is 53.4 Å². The predicted molar refractivity (Wildman–Crippen MR) is 98.1 cm³/mol. The molecule has 0 fully saturated rings. The quantitative estimate of drug-likeness (QED) is 0.529. The Balaban J connectivity index is 1.47. The van der Waals surface area contributed by atoms with Crippen molar-refractivity contribution in [3.63, 3.8) is 0 Å². The van der Waals surface area contributed by atoms with Crippen LogP contribution in [0, 0.1) is 0 Å². The van der Waals surface area contributed by atoms with Crippen molar-refractivity contribution in [2.24, 2.45) is 0 Å². The number of hydrogen-bond donors (Lipinski definition) is 0. The van der Waals surface area contributed by atoms with Crippen LogP contribution in [0.2, 0.25) is 0 Å². The average Bonchev–Trinajstić information content (AvgIpc) is 3.30. The Bertz CT molecular complexity index is 1090. The van der Waals surface area contributed by atoms with Gasteiger partial charge in [0.2, 0.25) is 6.04 Å². The topological polar surface area (TPSA) is 39.0 Å². The van der Waals surface area contributed by atoms with E-state index < -0.39 is 0 Å². The molecule has 4 aromatic rings. The summed E-state index contributed by atoms with van der Waals surface area (Å²) in [4.78, 5) is 12.7. The van der Waals surface area contributed by atoms with Crippen LogP contribution >= 0.6 is 0 Å². The molecule has 4 nitrogen and oxygen atoms in total. The number of furan rings is 1. The fourth-order valence-corrected chi connectivity index (χ4v) is 3.88. The molecule has 0 bridgehead atoms. The van der Waals surface area contributed by atoms with Gasteiger partial charge in [0.25, 0.3) is 5.78 Å². The van der Waals surface area contributed by atoms with Crippen molar-refractivity contribution >= 4 is 16.7 Å². The van der Waals surface area contributed by atoms with Crippen LogP contribution in [-0.4, -0.2) is 10.4 Å². The van der Waals surface area contributed by atoms with Crippen LogP contribution in [-0.2, 0) is 13.0 Å². The number of nitrogens with zero attached hydrogens (tertiary/aromatic N) is 2. The van der Waals surface area contributed by atoms with Crippen molar-refractivity contribution in [2.45, 2.75) is 25.4 Å². The molecule has 0 spiro atoms. The third-order valence-electron chi connectivity index (χ3n) is 5.25. The summed E-state index contributed by atoms with van der Waals surface area (Å²) in [6, 6.07) is 16.4. The first-order valence-corrected chi connectivity index (χ1v) is 8.94. The molecular weight excluding hydrogens is 324 g/mol. The predicted octanol–water partition coefficient (Wildman–Crippen LogP) is 3.94. The summed E-state index contributed by atoms with van der Waals surface area (Å²) < 4.78 is 9.68. The van der Waals surface area contributed by atoms with Gasteiger partial charge in [-0.15, -0.1) is 0 Å². The van der Waals surface area contributed by atoms with Crippen LogP contribution < -0.4 is 4.57 Å². The molecule has 4 heteroatoms. The maximum absolute atomic E-state index is 12.7. The third kappa shape index (κ3) is 2.46. The number of aryl methyl sites for hydroxylation is 1. The average molecular weight is 343 g/mol. The third-order valence-corrected chi connectivity index (χ3v) is 5.25. The minimum atomic E-state index is -0.185. The number of carbonyl (C=O) groups excluding carboxylic acids is 1.